The lowest BCUT2D eigenvalue weighted by Gasteiger charge is -2.43. The number of nitrogens with one attached hydrogen (secondary N) is 1. The molecule has 2 rings (SSSR count). The SMILES string of the molecule is C[C@@H]1CC2(CCN(C(=O)O)CC2)[C@H](N[S@+]([O-])C(C)(C)C)[C@@H]1F. The summed E-state index contributed by atoms with van der Waals surface area (Å²) in [6.07, 6.45) is 0.0235. The van der Waals surface area contributed by atoms with Crippen LogP contribution in [-0.4, -0.2) is 50.7 Å². The average Bonchev–Trinajstić information content (AvgIpc) is 2.63. The predicted molar refractivity (Wildman–Crippen MR) is 84.8 cm³/mol. The van der Waals surface area contributed by atoms with E-state index in [0.29, 0.717) is 25.9 Å². The summed E-state index contributed by atoms with van der Waals surface area (Å²) >= 11 is -1.33. The van der Waals surface area contributed by atoms with Gasteiger partial charge in [-0.15, -0.1) is 4.72 Å². The number of hydrogen-bond acceptors (Lipinski definition) is 3. The second-order valence-electron chi connectivity index (χ2n) is 7.73. The summed E-state index contributed by atoms with van der Waals surface area (Å²) in [4.78, 5) is 12.5. The first-order chi connectivity index (χ1) is 10.1. The smallest absolute Gasteiger partial charge is 0.407 e. The van der Waals surface area contributed by atoms with E-state index >= 15 is 0 Å². The van der Waals surface area contributed by atoms with Gasteiger partial charge in [-0.3, -0.25) is 0 Å². The highest BCUT2D eigenvalue weighted by Crippen LogP contribution is 2.50. The fourth-order valence-corrected chi connectivity index (χ4v) is 4.65. The molecule has 1 spiro atoms. The topological polar surface area (TPSA) is 75.6 Å². The second kappa shape index (κ2) is 6.17. The standard InChI is InChI=1S/C15H27FN2O3S/c1-10-9-15(5-7-18(8-6-15)13(19)20)12(11(10)16)17-22(21)14(2,3)4/h10-12,17H,5-9H2,1-4H3,(H,19,20)/t10-,11-,12-,22-/m1/s1. The first kappa shape index (κ1) is 17.8. The molecule has 1 saturated carbocycles. The minimum atomic E-state index is -1.33. The molecule has 1 aliphatic carbocycles. The highest BCUT2D eigenvalue weighted by atomic mass is 32.2. The molecule has 1 saturated heterocycles. The summed E-state index contributed by atoms with van der Waals surface area (Å²) in [7, 11) is 0. The van der Waals surface area contributed by atoms with Gasteiger partial charge >= 0.3 is 6.09 Å². The second-order valence-corrected chi connectivity index (χ2v) is 9.73. The van der Waals surface area contributed by atoms with Crippen LogP contribution < -0.4 is 4.72 Å². The third-order valence-corrected chi connectivity index (χ3v) is 6.65. The zero-order valence-electron chi connectivity index (χ0n) is 13.8. The maximum absolute atomic E-state index is 14.7. The molecule has 4 atom stereocenters. The molecular formula is C15H27FN2O3S. The summed E-state index contributed by atoms with van der Waals surface area (Å²) < 4.78 is 29.7. The Balaban J connectivity index is 2.13. The van der Waals surface area contributed by atoms with Crippen molar-refractivity contribution in [3.05, 3.63) is 0 Å². The number of likely N-dealkylation sites (tertiary alicyclic amines) is 1. The minimum absolute atomic E-state index is 0.0918. The monoisotopic (exact) mass is 334 g/mol. The Morgan fingerprint density at radius 1 is 1.41 bits per heavy atom. The van der Waals surface area contributed by atoms with E-state index in [9.17, 15) is 13.7 Å². The average molecular weight is 334 g/mol. The van der Waals surface area contributed by atoms with Crippen LogP contribution in [0.5, 0.6) is 0 Å². The summed E-state index contributed by atoms with van der Waals surface area (Å²) in [5.41, 5.74) is -0.286. The van der Waals surface area contributed by atoms with Crippen LogP contribution in [-0.2, 0) is 11.4 Å². The molecule has 0 unspecified atom stereocenters. The molecule has 2 aliphatic rings. The van der Waals surface area contributed by atoms with Gasteiger partial charge in [0.15, 0.2) is 0 Å². The van der Waals surface area contributed by atoms with Crippen molar-refractivity contribution in [1.82, 2.24) is 9.62 Å². The third kappa shape index (κ3) is 3.36. The number of amides is 1. The van der Waals surface area contributed by atoms with Crippen LogP contribution >= 0.6 is 0 Å². The first-order valence-corrected chi connectivity index (χ1v) is 9.02. The Hall–Kier alpha value is -0.530. The molecule has 2 fully saturated rings. The summed E-state index contributed by atoms with van der Waals surface area (Å²) in [5, 5.41) is 9.08. The zero-order chi connectivity index (χ0) is 16.7. The van der Waals surface area contributed by atoms with Gasteiger partial charge in [-0.2, -0.15) is 0 Å². The van der Waals surface area contributed by atoms with Crippen LogP contribution in [0.4, 0.5) is 9.18 Å². The summed E-state index contributed by atoms with van der Waals surface area (Å²) in [6.45, 7) is 8.33. The van der Waals surface area contributed by atoms with Crippen LogP contribution in [0.15, 0.2) is 0 Å². The van der Waals surface area contributed by atoms with Gasteiger partial charge in [0.1, 0.15) is 10.9 Å². The third-order valence-electron chi connectivity index (χ3n) is 5.07. The number of piperidine rings is 1. The van der Waals surface area contributed by atoms with Gasteiger partial charge in [-0.1, -0.05) is 6.92 Å². The fourth-order valence-electron chi connectivity index (χ4n) is 3.69. The molecule has 2 N–H and O–H groups in total. The highest BCUT2D eigenvalue weighted by molar-refractivity contribution is 7.90. The van der Waals surface area contributed by atoms with E-state index in [0.717, 1.165) is 6.42 Å². The van der Waals surface area contributed by atoms with Gasteiger partial charge in [0.25, 0.3) is 0 Å². The van der Waals surface area contributed by atoms with Crippen molar-refractivity contribution in [2.45, 2.75) is 63.9 Å². The number of rotatable bonds is 2. The number of halogens is 1. The van der Waals surface area contributed by atoms with Gasteiger partial charge in [0.2, 0.25) is 0 Å². The largest absolute Gasteiger partial charge is 0.598 e. The van der Waals surface area contributed by atoms with Gasteiger partial charge in [-0.05, 0) is 51.4 Å². The molecule has 0 aromatic carbocycles. The molecule has 0 aromatic rings. The molecule has 1 amide bonds. The lowest BCUT2D eigenvalue weighted by Crippen LogP contribution is -2.56. The Bertz CT molecular complexity index is 422. The van der Waals surface area contributed by atoms with Gasteiger partial charge in [-0.25, -0.2) is 9.18 Å². The van der Waals surface area contributed by atoms with Crippen LogP contribution in [0, 0.1) is 11.3 Å². The number of carboxylic acid groups (broad SMARTS) is 1. The van der Waals surface area contributed by atoms with E-state index in [4.69, 9.17) is 5.11 Å². The summed E-state index contributed by atoms with van der Waals surface area (Å²) in [6, 6.07) is -0.460. The molecule has 1 aliphatic heterocycles. The van der Waals surface area contributed by atoms with Gasteiger partial charge in [0.05, 0.1) is 6.04 Å². The Morgan fingerprint density at radius 2 is 1.95 bits per heavy atom. The van der Waals surface area contributed by atoms with E-state index in [1.54, 1.807) is 0 Å². The van der Waals surface area contributed by atoms with Crippen LogP contribution in [0.1, 0.15) is 47.0 Å². The number of nitrogens with zero attached hydrogens (tertiary/aromatic N) is 1. The molecule has 5 nitrogen and oxygen atoms in total. The number of carbonyl (C=O) groups is 1. The van der Waals surface area contributed by atoms with Crippen molar-refractivity contribution in [3.63, 3.8) is 0 Å². The molecule has 7 heteroatoms. The minimum Gasteiger partial charge on any atom is -0.598 e. The molecule has 0 aromatic heterocycles. The molecule has 1 heterocycles. The van der Waals surface area contributed by atoms with E-state index in [1.807, 2.05) is 27.7 Å². The molecular weight excluding hydrogens is 307 g/mol. The van der Waals surface area contributed by atoms with Crippen LogP contribution in [0.3, 0.4) is 0 Å². The Labute approximate surface area is 134 Å². The lowest BCUT2D eigenvalue weighted by atomic mass is 9.74. The maximum atomic E-state index is 14.7. The van der Waals surface area contributed by atoms with E-state index in [1.165, 1.54) is 4.90 Å². The molecule has 0 radical (unpaired) electrons. The first-order valence-electron chi connectivity index (χ1n) is 7.87. The molecule has 128 valence electrons. The van der Waals surface area contributed by atoms with E-state index in [-0.39, 0.29) is 11.3 Å². The van der Waals surface area contributed by atoms with Crippen molar-refractivity contribution in [2.75, 3.05) is 13.1 Å². The van der Waals surface area contributed by atoms with Crippen LogP contribution in [0.2, 0.25) is 0 Å². The van der Waals surface area contributed by atoms with Crippen molar-refractivity contribution < 1.29 is 18.8 Å². The maximum Gasteiger partial charge on any atom is 0.407 e. The Morgan fingerprint density at radius 3 is 2.41 bits per heavy atom. The molecule has 0 bridgehead atoms. The Kier molecular flexibility index (Phi) is 5.00. The molecule has 22 heavy (non-hydrogen) atoms. The van der Waals surface area contributed by atoms with E-state index in [2.05, 4.69) is 4.72 Å². The number of alkyl halides is 1. The van der Waals surface area contributed by atoms with Gasteiger partial charge < -0.3 is 14.6 Å². The normalized spacial score (nSPS) is 33.2. The van der Waals surface area contributed by atoms with Crippen molar-refractivity contribution in [1.29, 1.82) is 0 Å². The summed E-state index contributed by atoms with van der Waals surface area (Å²) in [5.74, 6) is -0.0918. The fraction of sp³-hybridized carbons (Fsp3) is 0.933. The van der Waals surface area contributed by atoms with Crippen LogP contribution in [0.25, 0.3) is 0 Å². The van der Waals surface area contributed by atoms with Crippen molar-refractivity contribution in [2.24, 2.45) is 11.3 Å². The quantitative estimate of drug-likeness (QED) is 0.761. The van der Waals surface area contributed by atoms with Crippen molar-refractivity contribution >= 4 is 17.5 Å². The predicted octanol–water partition coefficient (Wildman–Crippen LogP) is 2.54. The van der Waals surface area contributed by atoms with Gasteiger partial charge in [0, 0.05) is 24.5 Å². The van der Waals surface area contributed by atoms with E-state index < -0.39 is 34.4 Å². The zero-order valence-corrected chi connectivity index (χ0v) is 14.6. The highest BCUT2D eigenvalue weighted by Gasteiger charge is 2.56. The lowest BCUT2D eigenvalue weighted by molar-refractivity contribution is 0.0727. The van der Waals surface area contributed by atoms with Crippen molar-refractivity contribution in [3.8, 4) is 0 Å². The number of hydrogen-bond donors (Lipinski definition) is 2.